The van der Waals surface area contributed by atoms with Gasteiger partial charge in [0.25, 0.3) is 0 Å². The minimum absolute atomic E-state index is 0.156. The van der Waals surface area contributed by atoms with Gasteiger partial charge in [0.05, 0.1) is 19.8 Å². The average molecular weight is 320 g/mol. The molecule has 4 N–H and O–H groups in total. The van der Waals surface area contributed by atoms with E-state index in [1.807, 2.05) is 6.92 Å². The number of Topliss-reactive ketones (excluding diaryl/α,β-unsaturated/α-hetero) is 3. The summed E-state index contributed by atoms with van der Waals surface area (Å²) in [6.45, 7) is 4.09. The van der Waals surface area contributed by atoms with E-state index in [-0.39, 0.29) is 19.8 Å². The third-order valence-electron chi connectivity index (χ3n) is 3.66. The van der Waals surface area contributed by atoms with Gasteiger partial charge in [-0.2, -0.15) is 0 Å². The van der Waals surface area contributed by atoms with Crippen LogP contribution in [-0.2, 0) is 19.2 Å². The van der Waals surface area contributed by atoms with Crippen LogP contribution in [0.15, 0.2) is 0 Å². The van der Waals surface area contributed by atoms with Crippen molar-refractivity contribution in [1.29, 1.82) is 0 Å². The predicted molar refractivity (Wildman–Crippen MR) is 76.1 cm³/mol. The molecule has 0 amide bonds. The van der Waals surface area contributed by atoms with Gasteiger partial charge in [-0.05, 0) is 27.2 Å². The molecule has 0 aliphatic heterocycles. The second kappa shape index (κ2) is 9.39. The number of hydrogen-bond donors (Lipinski definition) is 4. The van der Waals surface area contributed by atoms with Crippen LogP contribution in [0.25, 0.3) is 0 Å². The fraction of sp³-hybridized carbons (Fsp3) is 0.714. The van der Waals surface area contributed by atoms with Crippen molar-refractivity contribution in [3.63, 3.8) is 0 Å². The first-order valence-corrected chi connectivity index (χ1v) is 6.61. The molecule has 8 nitrogen and oxygen atoms in total. The van der Waals surface area contributed by atoms with Crippen LogP contribution in [0.5, 0.6) is 0 Å². The van der Waals surface area contributed by atoms with Crippen LogP contribution in [0.2, 0.25) is 0 Å². The molecule has 0 unspecified atom stereocenters. The minimum atomic E-state index is -2.50. The number of aliphatic carboxylic acids is 1. The summed E-state index contributed by atoms with van der Waals surface area (Å²) in [7, 11) is 0. The summed E-state index contributed by atoms with van der Waals surface area (Å²) in [5, 5.41) is 34.6. The fourth-order valence-electron chi connectivity index (χ4n) is 1.68. The molecule has 0 saturated heterocycles. The zero-order valence-corrected chi connectivity index (χ0v) is 13.3. The van der Waals surface area contributed by atoms with Crippen LogP contribution in [0, 0.1) is 10.8 Å². The van der Waals surface area contributed by atoms with Crippen LogP contribution in [-0.4, -0.2) is 63.6 Å². The molecular formula is C14H24O8. The maximum absolute atomic E-state index is 11.0. The number of rotatable bonds is 8. The molecule has 0 spiro atoms. The highest BCUT2D eigenvalue weighted by Gasteiger charge is 2.52. The van der Waals surface area contributed by atoms with Crippen LogP contribution >= 0.6 is 0 Å². The lowest BCUT2D eigenvalue weighted by atomic mass is 9.77. The molecule has 0 aromatic heterocycles. The first kappa shape index (κ1) is 22.6. The van der Waals surface area contributed by atoms with Crippen LogP contribution in [0.4, 0.5) is 0 Å². The van der Waals surface area contributed by atoms with Crippen molar-refractivity contribution in [2.24, 2.45) is 10.8 Å². The van der Waals surface area contributed by atoms with Crippen molar-refractivity contribution in [3.05, 3.63) is 0 Å². The van der Waals surface area contributed by atoms with Crippen molar-refractivity contribution in [2.45, 2.75) is 34.1 Å². The van der Waals surface area contributed by atoms with E-state index in [4.69, 9.17) is 20.4 Å². The molecule has 0 saturated carbocycles. The molecule has 22 heavy (non-hydrogen) atoms. The maximum Gasteiger partial charge on any atom is 0.332 e. The normalized spacial score (nSPS) is 11.2. The summed E-state index contributed by atoms with van der Waals surface area (Å²) in [5.74, 6) is -4.58. The van der Waals surface area contributed by atoms with E-state index in [1.165, 1.54) is 0 Å². The van der Waals surface area contributed by atoms with E-state index < -0.39 is 34.1 Å². The summed E-state index contributed by atoms with van der Waals surface area (Å²) < 4.78 is 0. The van der Waals surface area contributed by atoms with Crippen molar-refractivity contribution < 1.29 is 39.6 Å². The molecule has 0 bridgehead atoms. The summed E-state index contributed by atoms with van der Waals surface area (Å²) in [6.07, 6.45) is 0.594. The highest BCUT2D eigenvalue weighted by Crippen LogP contribution is 2.22. The molecule has 0 fully saturated rings. The van der Waals surface area contributed by atoms with E-state index in [9.17, 15) is 19.2 Å². The van der Waals surface area contributed by atoms with Gasteiger partial charge < -0.3 is 20.4 Å². The van der Waals surface area contributed by atoms with Gasteiger partial charge in [-0.1, -0.05) is 6.92 Å². The van der Waals surface area contributed by atoms with Gasteiger partial charge in [0.1, 0.15) is 0 Å². The smallest absolute Gasteiger partial charge is 0.332 e. The van der Waals surface area contributed by atoms with E-state index in [2.05, 4.69) is 0 Å². The Morgan fingerprint density at radius 1 is 0.773 bits per heavy atom. The van der Waals surface area contributed by atoms with Gasteiger partial charge in [-0.3, -0.25) is 19.2 Å². The molecule has 0 aliphatic carbocycles. The molecule has 8 heteroatoms. The zero-order chi connectivity index (χ0) is 18.1. The number of aliphatic hydroxyl groups excluding tert-OH is 3. The summed E-state index contributed by atoms with van der Waals surface area (Å²) in [6, 6.07) is 0. The maximum atomic E-state index is 11.0. The fourth-order valence-corrected chi connectivity index (χ4v) is 1.68. The average Bonchev–Trinajstić information content (AvgIpc) is 2.41. The van der Waals surface area contributed by atoms with Gasteiger partial charge in [-0.15, -0.1) is 0 Å². The topological polar surface area (TPSA) is 149 Å². The highest BCUT2D eigenvalue weighted by molar-refractivity contribution is 6.35. The first-order chi connectivity index (χ1) is 10.0. The molecule has 128 valence electrons. The van der Waals surface area contributed by atoms with Gasteiger partial charge in [-0.25, -0.2) is 0 Å². The number of ketones is 3. The number of carbonyl (C=O) groups is 4. The van der Waals surface area contributed by atoms with Crippen molar-refractivity contribution in [2.75, 3.05) is 19.8 Å². The van der Waals surface area contributed by atoms with Crippen molar-refractivity contribution in [1.82, 2.24) is 0 Å². The van der Waals surface area contributed by atoms with E-state index in [0.29, 0.717) is 6.42 Å². The number of aliphatic hydroxyl groups is 3. The third kappa shape index (κ3) is 4.69. The molecule has 0 atom stereocenters. The molecule has 0 aromatic rings. The van der Waals surface area contributed by atoms with Crippen molar-refractivity contribution >= 4 is 23.3 Å². The zero-order valence-electron chi connectivity index (χ0n) is 13.3. The molecule has 0 rings (SSSR count). The Morgan fingerprint density at radius 2 is 1.05 bits per heavy atom. The van der Waals surface area contributed by atoms with Crippen molar-refractivity contribution in [3.8, 4) is 0 Å². The number of hydrogen-bond acceptors (Lipinski definition) is 7. The molecule has 0 aromatic carbocycles. The second-order valence-electron chi connectivity index (χ2n) is 5.05. The van der Waals surface area contributed by atoms with Gasteiger partial charge >= 0.3 is 5.97 Å². The Labute approximate surface area is 128 Å². The van der Waals surface area contributed by atoms with E-state index in [1.54, 1.807) is 0 Å². The molecule has 0 radical (unpaired) electrons. The van der Waals surface area contributed by atoms with Gasteiger partial charge in [0.15, 0.2) is 17.3 Å². The third-order valence-corrected chi connectivity index (χ3v) is 3.66. The predicted octanol–water partition coefficient (Wildman–Crippen LogP) is -0.816. The Balaban J connectivity index is 0. The standard InChI is InChI=1S/C8H10O5.C6H14O3/c1-4(9)8(5(2)10,6(3)11)7(12)13;1-2-6(3-7,4-8)5-9/h1-3H3,(H,12,13);7-9H,2-5H2,1H3. The van der Waals surface area contributed by atoms with Crippen LogP contribution in [0.1, 0.15) is 34.1 Å². The van der Waals surface area contributed by atoms with E-state index in [0.717, 1.165) is 20.8 Å². The number of carbonyl (C=O) groups excluding carboxylic acids is 3. The monoisotopic (exact) mass is 320 g/mol. The van der Waals surface area contributed by atoms with E-state index >= 15 is 0 Å². The lowest BCUT2D eigenvalue weighted by Gasteiger charge is -2.24. The summed E-state index contributed by atoms with van der Waals surface area (Å²) in [4.78, 5) is 43.6. The SMILES string of the molecule is CC(=O)C(C(C)=O)(C(C)=O)C(=O)O.CCC(CO)(CO)CO. The number of carboxylic acids is 1. The van der Waals surface area contributed by atoms with Crippen LogP contribution in [0.3, 0.4) is 0 Å². The van der Waals surface area contributed by atoms with Gasteiger partial charge in [0, 0.05) is 5.41 Å². The van der Waals surface area contributed by atoms with Gasteiger partial charge in [0.2, 0.25) is 5.41 Å². The Kier molecular flexibility index (Phi) is 9.66. The summed E-state index contributed by atoms with van der Waals surface area (Å²) in [5.41, 5.74) is -3.17. The molecule has 0 heterocycles. The Hall–Kier alpha value is -1.64. The number of carboxylic acid groups (broad SMARTS) is 1. The lowest BCUT2D eigenvalue weighted by Crippen LogP contribution is -2.49. The largest absolute Gasteiger partial charge is 0.480 e. The van der Waals surface area contributed by atoms with Crippen LogP contribution < -0.4 is 0 Å². The summed E-state index contributed by atoms with van der Waals surface area (Å²) >= 11 is 0. The minimum Gasteiger partial charge on any atom is -0.480 e. The second-order valence-corrected chi connectivity index (χ2v) is 5.05. The lowest BCUT2D eigenvalue weighted by molar-refractivity contribution is -0.162. The quantitative estimate of drug-likeness (QED) is 0.424. The Bertz CT molecular complexity index is 344. The Morgan fingerprint density at radius 3 is 1.05 bits per heavy atom. The molecular weight excluding hydrogens is 296 g/mol. The highest BCUT2D eigenvalue weighted by atomic mass is 16.4. The first-order valence-electron chi connectivity index (χ1n) is 6.61. The molecule has 0 aliphatic rings.